The van der Waals surface area contributed by atoms with Gasteiger partial charge in [0.25, 0.3) is 0 Å². The van der Waals surface area contributed by atoms with Crippen LogP contribution in [0.25, 0.3) is 0 Å². The van der Waals surface area contributed by atoms with Gasteiger partial charge in [0, 0.05) is 0 Å². The average Bonchev–Trinajstić information content (AvgIpc) is 2.41. The molecule has 2 aliphatic rings. The molecule has 0 radical (unpaired) electrons. The van der Waals surface area contributed by atoms with Crippen molar-refractivity contribution in [3.63, 3.8) is 0 Å². The Balaban J connectivity index is 2.05. The second-order valence-corrected chi connectivity index (χ2v) is 4.01. The molecule has 0 saturated heterocycles. The molecular formula is C7H10F3N. The number of nitrogens with two attached hydrogens (primary N) is 1. The van der Waals surface area contributed by atoms with Gasteiger partial charge in [0.1, 0.15) is 5.54 Å². The summed E-state index contributed by atoms with van der Waals surface area (Å²) in [5.74, 6) is 0. The highest BCUT2D eigenvalue weighted by Gasteiger charge is 2.69. The predicted octanol–water partition coefficient (Wildman–Crippen LogP) is 1.82. The van der Waals surface area contributed by atoms with Gasteiger partial charge in [-0.05, 0) is 31.1 Å². The monoisotopic (exact) mass is 165 g/mol. The van der Waals surface area contributed by atoms with E-state index in [4.69, 9.17) is 5.73 Å². The van der Waals surface area contributed by atoms with Crippen molar-refractivity contribution in [3.8, 4) is 0 Å². The van der Waals surface area contributed by atoms with Crippen molar-refractivity contribution in [1.82, 2.24) is 0 Å². The molecule has 0 aromatic heterocycles. The molecule has 0 aromatic rings. The van der Waals surface area contributed by atoms with Crippen molar-refractivity contribution >= 4 is 0 Å². The van der Waals surface area contributed by atoms with E-state index >= 15 is 0 Å². The summed E-state index contributed by atoms with van der Waals surface area (Å²) in [6.45, 7) is 0. The van der Waals surface area contributed by atoms with Crippen molar-refractivity contribution in [1.29, 1.82) is 0 Å². The predicted molar refractivity (Wildman–Crippen MR) is 33.9 cm³/mol. The number of hydrogen-bond donors (Lipinski definition) is 1. The van der Waals surface area contributed by atoms with Crippen LogP contribution in [0.1, 0.15) is 25.7 Å². The Morgan fingerprint density at radius 3 is 1.82 bits per heavy atom. The molecule has 2 aliphatic carbocycles. The molecule has 1 spiro atoms. The minimum atomic E-state index is -4.19. The molecule has 1 nitrogen and oxygen atoms in total. The lowest BCUT2D eigenvalue weighted by Gasteiger charge is -2.46. The zero-order chi connectivity index (χ0) is 8.33. The van der Waals surface area contributed by atoms with Crippen LogP contribution in [-0.4, -0.2) is 11.7 Å². The minimum Gasteiger partial charge on any atom is -0.318 e. The van der Waals surface area contributed by atoms with Gasteiger partial charge in [-0.3, -0.25) is 0 Å². The third kappa shape index (κ3) is 0.883. The SMILES string of the molecule is NC1(C(F)(F)F)CC2(CC2)C1. The van der Waals surface area contributed by atoms with E-state index in [9.17, 15) is 13.2 Å². The summed E-state index contributed by atoms with van der Waals surface area (Å²) in [6, 6.07) is 0. The van der Waals surface area contributed by atoms with Gasteiger partial charge in [0.05, 0.1) is 0 Å². The second kappa shape index (κ2) is 1.58. The van der Waals surface area contributed by atoms with Crippen molar-refractivity contribution in [2.75, 3.05) is 0 Å². The standard InChI is InChI=1S/C7H10F3N/c8-7(9,10)6(11)3-5(4-6)1-2-5/h1-4,11H2. The summed E-state index contributed by atoms with van der Waals surface area (Å²) in [7, 11) is 0. The van der Waals surface area contributed by atoms with E-state index in [-0.39, 0.29) is 18.3 Å². The fourth-order valence-electron chi connectivity index (χ4n) is 2.02. The van der Waals surface area contributed by atoms with Gasteiger partial charge in [-0.25, -0.2) is 0 Å². The average molecular weight is 165 g/mol. The van der Waals surface area contributed by atoms with Crippen LogP contribution >= 0.6 is 0 Å². The zero-order valence-electron chi connectivity index (χ0n) is 6.04. The van der Waals surface area contributed by atoms with Crippen LogP contribution in [0.2, 0.25) is 0 Å². The molecule has 11 heavy (non-hydrogen) atoms. The van der Waals surface area contributed by atoms with Gasteiger partial charge in [-0.2, -0.15) is 13.2 Å². The molecule has 0 atom stereocenters. The first-order chi connectivity index (χ1) is 4.87. The maximum Gasteiger partial charge on any atom is 0.406 e. The maximum atomic E-state index is 12.1. The van der Waals surface area contributed by atoms with Crippen molar-refractivity contribution in [2.24, 2.45) is 11.1 Å². The molecule has 0 bridgehead atoms. The Labute approximate surface area is 62.8 Å². The molecule has 64 valence electrons. The summed E-state index contributed by atoms with van der Waals surface area (Å²) >= 11 is 0. The van der Waals surface area contributed by atoms with Gasteiger partial charge in [-0.1, -0.05) is 0 Å². The summed E-state index contributed by atoms with van der Waals surface area (Å²) in [5.41, 5.74) is 3.34. The number of alkyl halides is 3. The minimum absolute atomic E-state index is 0.0181. The first kappa shape index (κ1) is 7.40. The molecule has 2 fully saturated rings. The van der Waals surface area contributed by atoms with E-state index in [0.717, 1.165) is 12.8 Å². The molecule has 0 aromatic carbocycles. The normalized spacial score (nSPS) is 31.6. The van der Waals surface area contributed by atoms with Crippen LogP contribution in [0, 0.1) is 5.41 Å². The van der Waals surface area contributed by atoms with Crippen molar-refractivity contribution in [3.05, 3.63) is 0 Å². The van der Waals surface area contributed by atoms with Crippen molar-refractivity contribution < 1.29 is 13.2 Å². The number of halogens is 3. The van der Waals surface area contributed by atoms with Crippen LogP contribution in [0.5, 0.6) is 0 Å². The summed E-state index contributed by atoms with van der Waals surface area (Å²) in [6.07, 6.45) is -1.99. The second-order valence-electron chi connectivity index (χ2n) is 4.01. The van der Waals surface area contributed by atoms with Crippen LogP contribution in [0.15, 0.2) is 0 Å². The van der Waals surface area contributed by atoms with Crippen LogP contribution in [-0.2, 0) is 0 Å². The fourth-order valence-corrected chi connectivity index (χ4v) is 2.02. The Hall–Kier alpha value is -0.250. The Morgan fingerprint density at radius 2 is 1.55 bits per heavy atom. The third-order valence-corrected chi connectivity index (χ3v) is 2.90. The first-order valence-electron chi connectivity index (χ1n) is 3.73. The lowest BCUT2D eigenvalue weighted by Crippen LogP contribution is -2.62. The lowest BCUT2D eigenvalue weighted by molar-refractivity contribution is -0.221. The van der Waals surface area contributed by atoms with Gasteiger partial charge in [0.2, 0.25) is 0 Å². The zero-order valence-corrected chi connectivity index (χ0v) is 6.04. The Kier molecular flexibility index (Phi) is 1.06. The largest absolute Gasteiger partial charge is 0.406 e. The van der Waals surface area contributed by atoms with Gasteiger partial charge >= 0.3 is 6.18 Å². The van der Waals surface area contributed by atoms with Crippen molar-refractivity contribution in [2.45, 2.75) is 37.4 Å². The molecule has 0 heterocycles. The molecule has 0 unspecified atom stereocenters. The highest BCUT2D eigenvalue weighted by atomic mass is 19.4. The molecule has 0 aliphatic heterocycles. The Morgan fingerprint density at radius 1 is 1.09 bits per heavy atom. The van der Waals surface area contributed by atoms with Gasteiger partial charge in [0.15, 0.2) is 0 Å². The van der Waals surface area contributed by atoms with Crippen LogP contribution in [0.4, 0.5) is 13.2 Å². The highest BCUT2D eigenvalue weighted by molar-refractivity contribution is 5.16. The quantitative estimate of drug-likeness (QED) is 0.582. The van der Waals surface area contributed by atoms with Gasteiger partial charge in [-0.15, -0.1) is 0 Å². The van der Waals surface area contributed by atoms with E-state index in [1.54, 1.807) is 0 Å². The van der Waals surface area contributed by atoms with E-state index in [1.165, 1.54) is 0 Å². The summed E-state index contributed by atoms with van der Waals surface area (Å²) in [5, 5.41) is 0. The van der Waals surface area contributed by atoms with Crippen LogP contribution < -0.4 is 5.73 Å². The van der Waals surface area contributed by atoms with E-state index in [2.05, 4.69) is 0 Å². The van der Waals surface area contributed by atoms with E-state index in [1.807, 2.05) is 0 Å². The first-order valence-corrected chi connectivity index (χ1v) is 3.73. The molecule has 2 saturated carbocycles. The molecular weight excluding hydrogens is 155 g/mol. The number of rotatable bonds is 0. The molecule has 4 heteroatoms. The van der Waals surface area contributed by atoms with Crippen LogP contribution in [0.3, 0.4) is 0 Å². The Bertz CT molecular complexity index is 184. The van der Waals surface area contributed by atoms with E-state index in [0.29, 0.717) is 0 Å². The lowest BCUT2D eigenvalue weighted by atomic mass is 9.66. The molecule has 2 rings (SSSR count). The van der Waals surface area contributed by atoms with Gasteiger partial charge < -0.3 is 5.73 Å². The molecule has 2 N–H and O–H groups in total. The maximum absolute atomic E-state index is 12.1. The molecule has 0 amide bonds. The smallest absolute Gasteiger partial charge is 0.318 e. The summed E-state index contributed by atoms with van der Waals surface area (Å²) in [4.78, 5) is 0. The number of hydrogen-bond acceptors (Lipinski definition) is 1. The highest BCUT2D eigenvalue weighted by Crippen LogP contribution is 2.67. The third-order valence-electron chi connectivity index (χ3n) is 2.90. The fraction of sp³-hybridized carbons (Fsp3) is 1.00. The topological polar surface area (TPSA) is 26.0 Å². The summed E-state index contributed by atoms with van der Waals surface area (Å²) < 4.78 is 36.4. The van der Waals surface area contributed by atoms with E-state index < -0.39 is 11.7 Å².